The number of ether oxygens (including phenoxy) is 2. The van der Waals surface area contributed by atoms with Gasteiger partial charge in [0.05, 0.1) is 19.9 Å². The fourth-order valence-electron chi connectivity index (χ4n) is 3.60. The molecule has 0 spiro atoms. The molecule has 4 heteroatoms. The number of rotatable bonds is 2. The van der Waals surface area contributed by atoms with Crippen LogP contribution in [-0.4, -0.2) is 40.9 Å². The molecule has 19 heavy (non-hydrogen) atoms. The highest BCUT2D eigenvalue weighted by molar-refractivity contribution is 5.70. The molecular weight excluding hydrogens is 240 g/mol. The Labute approximate surface area is 114 Å². The number of benzene rings is 1. The molecule has 2 atom stereocenters. The van der Waals surface area contributed by atoms with Gasteiger partial charge in [-0.2, -0.15) is 0 Å². The standard InChI is InChI=1S/C15H22N2O2/c1-17-9-10-8-16-7-6-11(10)14-12(18-2)4-5-13(19-3)15(14)17/h4-5,10-11,16H,6-9H2,1-3H3. The number of hydrogen-bond acceptors (Lipinski definition) is 4. The molecule has 0 saturated carbocycles. The van der Waals surface area contributed by atoms with Gasteiger partial charge in [-0.3, -0.25) is 0 Å². The third-order valence-corrected chi connectivity index (χ3v) is 4.45. The zero-order valence-electron chi connectivity index (χ0n) is 11.9. The Morgan fingerprint density at radius 1 is 1.21 bits per heavy atom. The molecule has 3 rings (SSSR count). The molecule has 0 radical (unpaired) electrons. The first-order valence-corrected chi connectivity index (χ1v) is 6.93. The smallest absolute Gasteiger partial charge is 0.142 e. The number of fused-ring (bicyclic) bond motifs is 3. The molecule has 1 N–H and O–H groups in total. The summed E-state index contributed by atoms with van der Waals surface area (Å²) in [6.45, 7) is 3.26. The van der Waals surface area contributed by atoms with Crippen LogP contribution in [0.2, 0.25) is 0 Å². The molecule has 2 heterocycles. The summed E-state index contributed by atoms with van der Waals surface area (Å²) in [6.07, 6.45) is 1.18. The molecule has 4 nitrogen and oxygen atoms in total. The average molecular weight is 262 g/mol. The van der Waals surface area contributed by atoms with Crippen molar-refractivity contribution in [3.63, 3.8) is 0 Å². The SMILES string of the molecule is COc1ccc(OC)c2c1C1CCNCC1CN2C. The summed E-state index contributed by atoms with van der Waals surface area (Å²) >= 11 is 0. The second kappa shape index (κ2) is 4.93. The van der Waals surface area contributed by atoms with Crippen molar-refractivity contribution in [2.45, 2.75) is 12.3 Å². The van der Waals surface area contributed by atoms with E-state index in [1.165, 1.54) is 17.7 Å². The fourth-order valence-corrected chi connectivity index (χ4v) is 3.60. The van der Waals surface area contributed by atoms with Gasteiger partial charge in [0.1, 0.15) is 11.5 Å². The number of methoxy groups -OCH3 is 2. The summed E-state index contributed by atoms with van der Waals surface area (Å²) in [4.78, 5) is 2.31. The minimum atomic E-state index is 0.581. The van der Waals surface area contributed by atoms with Gasteiger partial charge in [0, 0.05) is 25.7 Å². The lowest BCUT2D eigenvalue weighted by molar-refractivity contribution is 0.303. The van der Waals surface area contributed by atoms with Crippen molar-refractivity contribution < 1.29 is 9.47 Å². The first-order chi connectivity index (χ1) is 9.26. The Morgan fingerprint density at radius 3 is 2.68 bits per heavy atom. The number of piperidine rings is 1. The molecule has 2 aliphatic heterocycles. The summed E-state index contributed by atoms with van der Waals surface area (Å²) in [5.74, 6) is 3.19. The zero-order valence-corrected chi connectivity index (χ0v) is 11.9. The molecule has 0 bridgehead atoms. The molecule has 1 saturated heterocycles. The monoisotopic (exact) mass is 262 g/mol. The molecule has 0 amide bonds. The number of anilines is 1. The van der Waals surface area contributed by atoms with Crippen LogP contribution < -0.4 is 19.7 Å². The predicted molar refractivity (Wildman–Crippen MR) is 76.5 cm³/mol. The van der Waals surface area contributed by atoms with Crippen LogP contribution in [0.1, 0.15) is 17.9 Å². The van der Waals surface area contributed by atoms with Gasteiger partial charge in [0.15, 0.2) is 0 Å². The van der Waals surface area contributed by atoms with Crippen LogP contribution in [0.25, 0.3) is 0 Å². The first kappa shape index (κ1) is 12.6. The van der Waals surface area contributed by atoms with E-state index in [0.29, 0.717) is 11.8 Å². The number of hydrogen-bond donors (Lipinski definition) is 1. The molecular formula is C15H22N2O2. The topological polar surface area (TPSA) is 33.7 Å². The van der Waals surface area contributed by atoms with E-state index in [2.05, 4.69) is 17.3 Å². The van der Waals surface area contributed by atoms with Crippen molar-refractivity contribution in [1.29, 1.82) is 0 Å². The molecule has 104 valence electrons. The van der Waals surface area contributed by atoms with E-state index in [0.717, 1.165) is 31.1 Å². The summed E-state index contributed by atoms with van der Waals surface area (Å²) in [7, 11) is 5.64. The largest absolute Gasteiger partial charge is 0.496 e. The summed E-state index contributed by atoms with van der Waals surface area (Å²) < 4.78 is 11.2. The van der Waals surface area contributed by atoms with E-state index in [1.807, 2.05) is 12.1 Å². The van der Waals surface area contributed by atoms with E-state index in [4.69, 9.17) is 9.47 Å². The van der Waals surface area contributed by atoms with Gasteiger partial charge in [-0.05, 0) is 36.9 Å². The van der Waals surface area contributed by atoms with Crippen LogP contribution in [0.5, 0.6) is 11.5 Å². The highest BCUT2D eigenvalue weighted by atomic mass is 16.5. The normalized spacial score (nSPS) is 25.5. The Morgan fingerprint density at radius 2 is 1.95 bits per heavy atom. The minimum absolute atomic E-state index is 0.581. The van der Waals surface area contributed by atoms with E-state index >= 15 is 0 Å². The minimum Gasteiger partial charge on any atom is -0.496 e. The van der Waals surface area contributed by atoms with Crippen molar-refractivity contribution in [2.75, 3.05) is 45.8 Å². The van der Waals surface area contributed by atoms with Crippen LogP contribution in [0.15, 0.2) is 12.1 Å². The van der Waals surface area contributed by atoms with E-state index in [-0.39, 0.29) is 0 Å². The lowest BCUT2D eigenvalue weighted by atomic mass is 9.76. The van der Waals surface area contributed by atoms with Crippen LogP contribution in [-0.2, 0) is 0 Å². The molecule has 1 aromatic rings. The van der Waals surface area contributed by atoms with Gasteiger partial charge in [0.25, 0.3) is 0 Å². The molecule has 0 aliphatic carbocycles. The van der Waals surface area contributed by atoms with Crippen molar-refractivity contribution in [2.24, 2.45) is 5.92 Å². The van der Waals surface area contributed by atoms with Crippen LogP contribution >= 0.6 is 0 Å². The van der Waals surface area contributed by atoms with Gasteiger partial charge in [-0.1, -0.05) is 0 Å². The third kappa shape index (κ3) is 1.94. The second-order valence-corrected chi connectivity index (χ2v) is 5.47. The average Bonchev–Trinajstić information content (AvgIpc) is 2.46. The maximum atomic E-state index is 5.61. The molecule has 1 fully saturated rings. The quantitative estimate of drug-likeness (QED) is 0.882. The lowest BCUT2D eigenvalue weighted by Crippen LogP contribution is -2.45. The van der Waals surface area contributed by atoms with E-state index < -0.39 is 0 Å². The van der Waals surface area contributed by atoms with Gasteiger partial charge < -0.3 is 19.7 Å². The van der Waals surface area contributed by atoms with Crippen molar-refractivity contribution in [1.82, 2.24) is 5.32 Å². The third-order valence-electron chi connectivity index (χ3n) is 4.45. The van der Waals surface area contributed by atoms with E-state index in [1.54, 1.807) is 14.2 Å². The van der Waals surface area contributed by atoms with Crippen LogP contribution in [0, 0.1) is 5.92 Å². The van der Waals surface area contributed by atoms with Gasteiger partial charge >= 0.3 is 0 Å². The van der Waals surface area contributed by atoms with Gasteiger partial charge in [-0.15, -0.1) is 0 Å². The molecule has 0 aromatic heterocycles. The Bertz CT molecular complexity index is 475. The highest BCUT2D eigenvalue weighted by Gasteiger charge is 2.37. The first-order valence-electron chi connectivity index (χ1n) is 6.93. The Hall–Kier alpha value is -1.42. The summed E-state index contributed by atoms with van der Waals surface area (Å²) in [5, 5.41) is 3.50. The molecule has 2 unspecified atom stereocenters. The fraction of sp³-hybridized carbons (Fsp3) is 0.600. The lowest BCUT2D eigenvalue weighted by Gasteiger charge is -2.43. The van der Waals surface area contributed by atoms with Crippen molar-refractivity contribution >= 4 is 5.69 Å². The van der Waals surface area contributed by atoms with E-state index in [9.17, 15) is 0 Å². The van der Waals surface area contributed by atoms with Gasteiger partial charge in [0.2, 0.25) is 0 Å². The Balaban J connectivity index is 2.15. The highest BCUT2D eigenvalue weighted by Crippen LogP contribution is 2.49. The molecule has 2 aliphatic rings. The molecule has 1 aromatic carbocycles. The summed E-state index contributed by atoms with van der Waals surface area (Å²) in [6, 6.07) is 4.05. The van der Waals surface area contributed by atoms with Crippen molar-refractivity contribution in [3.05, 3.63) is 17.7 Å². The maximum Gasteiger partial charge on any atom is 0.142 e. The maximum absolute atomic E-state index is 5.61. The van der Waals surface area contributed by atoms with Crippen LogP contribution in [0.3, 0.4) is 0 Å². The van der Waals surface area contributed by atoms with Crippen LogP contribution in [0.4, 0.5) is 5.69 Å². The number of nitrogens with zero attached hydrogens (tertiary/aromatic N) is 1. The zero-order chi connectivity index (χ0) is 13.4. The predicted octanol–water partition coefficient (Wildman–Crippen LogP) is 1.85. The second-order valence-electron chi connectivity index (χ2n) is 5.47. The summed E-state index contributed by atoms with van der Waals surface area (Å²) in [5.41, 5.74) is 2.55. The number of nitrogens with one attached hydrogen (secondary N) is 1. The van der Waals surface area contributed by atoms with Gasteiger partial charge in [-0.25, -0.2) is 0 Å². The Kier molecular flexibility index (Phi) is 3.27. The van der Waals surface area contributed by atoms with Crippen molar-refractivity contribution in [3.8, 4) is 11.5 Å².